The summed E-state index contributed by atoms with van der Waals surface area (Å²) < 4.78 is 27.6. The van der Waals surface area contributed by atoms with E-state index in [-0.39, 0.29) is 5.91 Å². The summed E-state index contributed by atoms with van der Waals surface area (Å²) in [6.45, 7) is 2.88. The lowest BCUT2D eigenvalue weighted by molar-refractivity contribution is -0.126. The molecule has 2 heterocycles. The first kappa shape index (κ1) is 17.7. The Morgan fingerprint density at radius 1 is 0.885 bits per heavy atom. The molecule has 0 aromatic heterocycles. The maximum atomic E-state index is 13.0. The Morgan fingerprint density at radius 2 is 1.54 bits per heavy atom. The summed E-state index contributed by atoms with van der Waals surface area (Å²) in [6, 6.07) is 5.33. The van der Waals surface area contributed by atoms with E-state index in [1.807, 2.05) is 17.0 Å². The summed E-state index contributed by atoms with van der Waals surface area (Å²) in [7, 11) is -3.45. The van der Waals surface area contributed by atoms with Gasteiger partial charge < -0.3 is 4.90 Å². The summed E-state index contributed by atoms with van der Waals surface area (Å²) >= 11 is 0. The van der Waals surface area contributed by atoms with Crippen molar-refractivity contribution in [1.29, 1.82) is 0 Å². The third-order valence-corrected chi connectivity index (χ3v) is 7.59. The van der Waals surface area contributed by atoms with Crippen molar-refractivity contribution < 1.29 is 13.2 Å². The van der Waals surface area contributed by atoms with Crippen LogP contribution in [0, 0.1) is 0 Å². The average molecular weight is 375 g/mol. The maximum absolute atomic E-state index is 13.0. The second-order valence-electron chi connectivity index (χ2n) is 7.52. The van der Waals surface area contributed by atoms with Crippen LogP contribution in [0.5, 0.6) is 0 Å². The quantitative estimate of drug-likeness (QED) is 0.817. The van der Waals surface area contributed by atoms with E-state index in [1.165, 1.54) is 0 Å². The number of carbonyl (C=O) groups excluding carboxylic acids is 1. The van der Waals surface area contributed by atoms with E-state index in [9.17, 15) is 13.2 Å². The van der Waals surface area contributed by atoms with Crippen LogP contribution in [-0.2, 0) is 21.2 Å². The second-order valence-corrected chi connectivity index (χ2v) is 9.46. The number of rotatable bonds is 3. The molecule has 0 N–H and O–H groups in total. The lowest BCUT2D eigenvalue weighted by Gasteiger charge is -2.20. The van der Waals surface area contributed by atoms with Gasteiger partial charge in [0.25, 0.3) is 0 Å². The minimum Gasteiger partial charge on any atom is -0.339 e. The molecule has 5 nitrogen and oxygen atoms in total. The molecule has 3 aliphatic rings. The van der Waals surface area contributed by atoms with Gasteiger partial charge in [0.1, 0.15) is 0 Å². The van der Waals surface area contributed by atoms with Crippen molar-refractivity contribution in [3.8, 4) is 0 Å². The van der Waals surface area contributed by atoms with E-state index in [1.54, 1.807) is 16.4 Å². The van der Waals surface area contributed by atoms with E-state index in [4.69, 9.17) is 0 Å². The van der Waals surface area contributed by atoms with Gasteiger partial charge in [-0.15, -0.1) is 0 Å². The fourth-order valence-electron chi connectivity index (χ4n) is 4.16. The van der Waals surface area contributed by atoms with E-state index < -0.39 is 10.0 Å². The minimum absolute atomic E-state index is 0.107. The van der Waals surface area contributed by atoms with Gasteiger partial charge >= 0.3 is 0 Å². The van der Waals surface area contributed by atoms with Gasteiger partial charge in [-0.05, 0) is 55.0 Å². The molecule has 0 unspecified atom stereocenters. The van der Waals surface area contributed by atoms with Gasteiger partial charge in [-0.1, -0.05) is 18.9 Å². The number of fused-ring (bicyclic) bond motifs is 1. The number of sulfonamides is 1. The normalized spacial score (nSPS) is 21.4. The van der Waals surface area contributed by atoms with Crippen LogP contribution in [0.1, 0.15) is 49.7 Å². The molecule has 26 heavy (non-hydrogen) atoms. The lowest BCUT2D eigenvalue weighted by atomic mass is 10.1. The van der Waals surface area contributed by atoms with Gasteiger partial charge in [0, 0.05) is 38.2 Å². The van der Waals surface area contributed by atoms with Gasteiger partial charge in [0.15, 0.2) is 0 Å². The van der Waals surface area contributed by atoms with Crippen molar-refractivity contribution in [3.63, 3.8) is 0 Å². The maximum Gasteiger partial charge on any atom is 0.250 e. The van der Waals surface area contributed by atoms with Crippen LogP contribution >= 0.6 is 0 Å². The van der Waals surface area contributed by atoms with Crippen LogP contribution in [0.3, 0.4) is 0 Å². The molecule has 1 aromatic carbocycles. The number of amides is 1. The molecule has 4 rings (SSSR count). The predicted octanol–water partition coefficient (Wildman–Crippen LogP) is 2.81. The van der Waals surface area contributed by atoms with E-state index in [2.05, 4.69) is 0 Å². The van der Waals surface area contributed by atoms with E-state index in [0.29, 0.717) is 24.4 Å². The highest BCUT2D eigenvalue weighted by Gasteiger charge is 2.28. The predicted molar refractivity (Wildman–Crippen MR) is 101 cm³/mol. The molecular weight excluding hydrogens is 348 g/mol. The van der Waals surface area contributed by atoms with Gasteiger partial charge in [0.2, 0.25) is 15.9 Å². The van der Waals surface area contributed by atoms with Crippen molar-refractivity contribution in [2.75, 3.05) is 26.2 Å². The summed E-state index contributed by atoms with van der Waals surface area (Å²) in [5.74, 6) is 0.107. The van der Waals surface area contributed by atoms with E-state index >= 15 is 0 Å². The molecule has 0 saturated carbocycles. The van der Waals surface area contributed by atoms with Crippen LogP contribution < -0.4 is 0 Å². The highest BCUT2D eigenvalue weighted by molar-refractivity contribution is 7.89. The van der Waals surface area contributed by atoms with Crippen molar-refractivity contribution >= 4 is 22.0 Å². The van der Waals surface area contributed by atoms with Crippen molar-refractivity contribution in [2.24, 2.45) is 0 Å². The topological polar surface area (TPSA) is 57.7 Å². The number of likely N-dealkylation sites (tertiary alicyclic amines) is 1. The fourth-order valence-corrected chi connectivity index (χ4v) is 5.72. The highest BCUT2D eigenvalue weighted by atomic mass is 32.2. The van der Waals surface area contributed by atoms with Crippen LogP contribution in [-0.4, -0.2) is 49.7 Å². The van der Waals surface area contributed by atoms with Gasteiger partial charge in [0.05, 0.1) is 4.90 Å². The first-order valence-corrected chi connectivity index (χ1v) is 11.1. The Bertz CT molecular complexity index is 831. The molecule has 0 radical (unpaired) electrons. The molecule has 2 aliphatic heterocycles. The number of hydrogen-bond donors (Lipinski definition) is 0. The van der Waals surface area contributed by atoms with Crippen molar-refractivity contribution in [3.05, 3.63) is 34.9 Å². The standard InChI is InChI=1S/C20H26N2O3S/c23-20(21-9-5-6-10-21)18-13-16-7-8-19(15-17(16)14-18)26(24,25)22-11-3-1-2-4-12-22/h7-8,14-15H,1-6,9-13H2. The molecule has 0 spiro atoms. The Morgan fingerprint density at radius 3 is 2.23 bits per heavy atom. The van der Waals surface area contributed by atoms with Crippen LogP contribution in [0.15, 0.2) is 28.7 Å². The number of carbonyl (C=O) groups is 1. The van der Waals surface area contributed by atoms with Gasteiger partial charge in [-0.2, -0.15) is 4.31 Å². The molecule has 1 aromatic rings. The number of benzene rings is 1. The summed E-state index contributed by atoms with van der Waals surface area (Å²) in [5, 5.41) is 0. The zero-order valence-corrected chi connectivity index (χ0v) is 15.9. The smallest absolute Gasteiger partial charge is 0.250 e. The summed E-state index contributed by atoms with van der Waals surface area (Å²) in [5.41, 5.74) is 2.71. The number of nitrogens with zero attached hydrogens (tertiary/aromatic N) is 2. The van der Waals surface area contributed by atoms with Crippen LogP contribution in [0.25, 0.3) is 6.08 Å². The third kappa shape index (κ3) is 3.32. The molecule has 0 atom stereocenters. The van der Waals surface area contributed by atoms with Crippen molar-refractivity contribution in [2.45, 2.75) is 49.8 Å². The molecule has 2 saturated heterocycles. The number of hydrogen-bond acceptors (Lipinski definition) is 3. The highest BCUT2D eigenvalue weighted by Crippen LogP contribution is 2.30. The van der Waals surface area contributed by atoms with E-state index in [0.717, 1.165) is 68.3 Å². The van der Waals surface area contributed by atoms with Crippen LogP contribution in [0.4, 0.5) is 0 Å². The molecule has 1 amide bonds. The summed E-state index contributed by atoms with van der Waals surface area (Å²) in [4.78, 5) is 14.9. The van der Waals surface area contributed by atoms with Gasteiger partial charge in [-0.25, -0.2) is 8.42 Å². The Hall–Kier alpha value is -1.66. The van der Waals surface area contributed by atoms with Crippen LogP contribution in [0.2, 0.25) is 0 Å². The average Bonchev–Trinajstić information content (AvgIpc) is 3.23. The third-order valence-electron chi connectivity index (χ3n) is 5.70. The molecule has 0 bridgehead atoms. The zero-order chi connectivity index (χ0) is 18.1. The minimum atomic E-state index is -3.45. The first-order chi connectivity index (χ1) is 12.6. The molecule has 2 fully saturated rings. The lowest BCUT2D eigenvalue weighted by Crippen LogP contribution is -2.31. The molecule has 140 valence electrons. The second kappa shape index (κ2) is 7.16. The molecule has 6 heteroatoms. The Labute approximate surface area is 155 Å². The molecular formula is C20H26N2O3S. The fraction of sp³-hybridized carbons (Fsp3) is 0.550. The molecule has 1 aliphatic carbocycles. The zero-order valence-electron chi connectivity index (χ0n) is 15.1. The SMILES string of the molecule is O=C(C1=Cc2cc(S(=O)(=O)N3CCCCCC3)ccc2C1)N1CCCC1. The monoisotopic (exact) mass is 374 g/mol. The Kier molecular flexibility index (Phi) is 4.88. The first-order valence-electron chi connectivity index (χ1n) is 9.69. The Balaban J connectivity index is 1.58. The van der Waals surface area contributed by atoms with Gasteiger partial charge in [-0.3, -0.25) is 4.79 Å². The van der Waals surface area contributed by atoms with Crippen molar-refractivity contribution in [1.82, 2.24) is 9.21 Å². The largest absolute Gasteiger partial charge is 0.339 e. The summed E-state index contributed by atoms with van der Waals surface area (Å²) in [6.07, 6.45) is 8.69.